The lowest BCUT2D eigenvalue weighted by molar-refractivity contribution is -0.117. The molecule has 2 aromatic heterocycles. The Morgan fingerprint density at radius 3 is 2.80 bits per heavy atom. The van der Waals surface area contributed by atoms with Crippen LogP contribution in [-0.2, 0) is 4.79 Å². The number of carbonyl (C=O) groups is 1. The number of halogens is 1. The molecule has 1 amide bonds. The van der Waals surface area contributed by atoms with Gasteiger partial charge >= 0.3 is 0 Å². The Labute approximate surface area is 178 Å². The second-order valence-electron chi connectivity index (χ2n) is 6.96. The number of benzene rings is 1. The van der Waals surface area contributed by atoms with Gasteiger partial charge in [0.25, 0.3) is 0 Å². The van der Waals surface area contributed by atoms with Crippen LogP contribution in [0, 0.1) is 5.82 Å². The lowest BCUT2D eigenvalue weighted by Crippen LogP contribution is -2.22. The molecular weight excluding hydrogens is 403 g/mol. The lowest BCUT2D eigenvalue weighted by Gasteiger charge is -2.16. The zero-order valence-corrected chi connectivity index (χ0v) is 17.2. The van der Waals surface area contributed by atoms with E-state index in [1.54, 1.807) is 48.9 Å². The molecular formula is C21H21FN6OS. The van der Waals surface area contributed by atoms with Crippen molar-refractivity contribution in [3.63, 3.8) is 0 Å². The van der Waals surface area contributed by atoms with Crippen LogP contribution in [0.3, 0.4) is 0 Å². The monoisotopic (exact) mass is 424 g/mol. The molecule has 1 saturated carbocycles. The molecule has 0 spiro atoms. The molecule has 1 fully saturated rings. The predicted molar refractivity (Wildman–Crippen MR) is 115 cm³/mol. The van der Waals surface area contributed by atoms with Crippen LogP contribution in [-0.4, -0.2) is 31.1 Å². The van der Waals surface area contributed by atoms with Crippen molar-refractivity contribution in [2.24, 2.45) is 0 Å². The van der Waals surface area contributed by atoms with Gasteiger partial charge in [0.15, 0.2) is 0 Å². The van der Waals surface area contributed by atoms with Crippen molar-refractivity contribution in [2.75, 3.05) is 10.0 Å². The Morgan fingerprint density at radius 2 is 2.10 bits per heavy atom. The van der Waals surface area contributed by atoms with E-state index in [0.717, 1.165) is 0 Å². The number of amides is 1. The van der Waals surface area contributed by atoms with E-state index in [0.29, 0.717) is 34.6 Å². The highest BCUT2D eigenvalue weighted by molar-refractivity contribution is 8.01. The molecule has 4 rings (SSSR count). The maximum Gasteiger partial charge on any atom is 0.233 e. The van der Waals surface area contributed by atoms with Crippen LogP contribution in [0.25, 0.3) is 11.3 Å². The SMILES string of the molecule is CCC(C(=O)Nc1ccc(-c2cnccn2)cc1F)c1ccnc(NSC2CC2)n1. The van der Waals surface area contributed by atoms with Crippen LogP contribution in [0.2, 0.25) is 0 Å². The van der Waals surface area contributed by atoms with E-state index in [1.807, 2.05) is 6.92 Å². The van der Waals surface area contributed by atoms with Gasteiger partial charge in [-0.05, 0) is 49.4 Å². The first-order chi connectivity index (χ1) is 14.6. The zero-order chi connectivity index (χ0) is 20.9. The Bertz CT molecular complexity index is 1030. The summed E-state index contributed by atoms with van der Waals surface area (Å²) in [5.41, 5.74) is 1.86. The minimum atomic E-state index is -0.535. The molecule has 1 aromatic carbocycles. The summed E-state index contributed by atoms with van der Waals surface area (Å²) in [6, 6.07) is 6.28. The van der Waals surface area contributed by atoms with Crippen LogP contribution in [0.5, 0.6) is 0 Å². The fraction of sp³-hybridized carbons (Fsp3) is 0.286. The van der Waals surface area contributed by atoms with E-state index >= 15 is 0 Å². The summed E-state index contributed by atoms with van der Waals surface area (Å²) < 4.78 is 17.7. The highest BCUT2D eigenvalue weighted by Gasteiger charge is 2.24. The number of nitrogens with one attached hydrogen (secondary N) is 2. The van der Waals surface area contributed by atoms with E-state index in [1.165, 1.54) is 25.0 Å². The molecule has 0 radical (unpaired) electrons. The third-order valence-electron chi connectivity index (χ3n) is 4.69. The molecule has 7 nitrogen and oxygen atoms in total. The van der Waals surface area contributed by atoms with Crippen LogP contribution in [0.4, 0.5) is 16.0 Å². The molecule has 2 N–H and O–H groups in total. The van der Waals surface area contributed by atoms with Crippen molar-refractivity contribution >= 4 is 29.5 Å². The van der Waals surface area contributed by atoms with Gasteiger partial charge in [-0.25, -0.2) is 14.4 Å². The zero-order valence-electron chi connectivity index (χ0n) is 16.4. The van der Waals surface area contributed by atoms with Crippen LogP contribution in [0.1, 0.15) is 37.8 Å². The van der Waals surface area contributed by atoms with Gasteiger partial charge < -0.3 is 5.32 Å². The maximum atomic E-state index is 14.6. The van der Waals surface area contributed by atoms with Crippen LogP contribution in [0.15, 0.2) is 49.1 Å². The number of anilines is 2. The van der Waals surface area contributed by atoms with Gasteiger partial charge in [-0.3, -0.25) is 19.5 Å². The number of hydrogen-bond donors (Lipinski definition) is 2. The van der Waals surface area contributed by atoms with Crippen LogP contribution < -0.4 is 10.0 Å². The van der Waals surface area contributed by atoms with Crippen molar-refractivity contribution < 1.29 is 9.18 Å². The summed E-state index contributed by atoms with van der Waals surface area (Å²) >= 11 is 1.60. The number of nitrogens with zero attached hydrogens (tertiary/aromatic N) is 4. The van der Waals surface area contributed by atoms with Crippen molar-refractivity contribution in [1.82, 2.24) is 19.9 Å². The number of aromatic nitrogens is 4. The topological polar surface area (TPSA) is 92.7 Å². The first-order valence-corrected chi connectivity index (χ1v) is 10.6. The molecule has 1 aliphatic rings. The first-order valence-electron chi connectivity index (χ1n) is 9.75. The largest absolute Gasteiger partial charge is 0.323 e. The molecule has 154 valence electrons. The number of hydrogen-bond acceptors (Lipinski definition) is 7. The van der Waals surface area contributed by atoms with E-state index in [2.05, 4.69) is 30.0 Å². The van der Waals surface area contributed by atoms with E-state index in [9.17, 15) is 9.18 Å². The third-order valence-corrected chi connectivity index (χ3v) is 5.79. The normalized spacial score (nSPS) is 14.2. The van der Waals surface area contributed by atoms with Crippen molar-refractivity contribution in [3.05, 3.63) is 60.6 Å². The molecule has 30 heavy (non-hydrogen) atoms. The summed E-state index contributed by atoms with van der Waals surface area (Å²) in [4.78, 5) is 29.7. The molecule has 0 aliphatic heterocycles. The average molecular weight is 425 g/mol. The third kappa shape index (κ3) is 4.91. The standard InChI is InChI=1S/C21H21FN6OS/c1-2-15(17-7-8-25-21(27-17)28-30-14-4-5-14)20(29)26-18-6-3-13(11-16(18)22)19-12-23-9-10-24-19/h3,6-12,14-15H,2,4-5H2,1H3,(H,26,29)(H,25,27,28). The number of carbonyl (C=O) groups excluding carboxylic acids is 1. The second kappa shape index (κ2) is 9.17. The smallest absolute Gasteiger partial charge is 0.233 e. The molecule has 1 unspecified atom stereocenters. The van der Waals surface area contributed by atoms with Gasteiger partial charge in [-0.15, -0.1) is 0 Å². The van der Waals surface area contributed by atoms with Crippen LogP contribution >= 0.6 is 11.9 Å². The summed E-state index contributed by atoms with van der Waals surface area (Å²) in [5.74, 6) is -0.885. The highest BCUT2D eigenvalue weighted by atomic mass is 32.2. The Kier molecular flexibility index (Phi) is 6.18. The van der Waals surface area contributed by atoms with E-state index in [-0.39, 0.29) is 11.6 Å². The molecule has 0 saturated heterocycles. The fourth-order valence-electron chi connectivity index (χ4n) is 2.91. The molecule has 2 heterocycles. The van der Waals surface area contributed by atoms with E-state index in [4.69, 9.17) is 0 Å². The Balaban J connectivity index is 1.47. The highest BCUT2D eigenvalue weighted by Crippen LogP contribution is 2.34. The quantitative estimate of drug-likeness (QED) is 0.517. The fourth-order valence-corrected chi connectivity index (χ4v) is 3.65. The van der Waals surface area contributed by atoms with Gasteiger partial charge in [-0.1, -0.05) is 13.0 Å². The average Bonchev–Trinajstić information content (AvgIpc) is 3.60. The summed E-state index contributed by atoms with van der Waals surface area (Å²) in [6.07, 6.45) is 9.20. The summed E-state index contributed by atoms with van der Waals surface area (Å²) in [6.45, 7) is 1.89. The first kappa shape index (κ1) is 20.2. The van der Waals surface area contributed by atoms with Gasteiger partial charge in [-0.2, -0.15) is 0 Å². The van der Waals surface area contributed by atoms with Crippen molar-refractivity contribution in [3.8, 4) is 11.3 Å². The molecule has 0 bridgehead atoms. The minimum Gasteiger partial charge on any atom is -0.323 e. The molecule has 9 heteroatoms. The van der Waals surface area contributed by atoms with E-state index < -0.39 is 11.7 Å². The summed E-state index contributed by atoms with van der Waals surface area (Å²) in [5, 5.41) is 3.29. The van der Waals surface area contributed by atoms with Gasteiger partial charge in [0.05, 0.1) is 29.2 Å². The van der Waals surface area contributed by atoms with Gasteiger partial charge in [0, 0.05) is 29.4 Å². The molecule has 1 aliphatic carbocycles. The molecule has 1 atom stereocenters. The maximum absolute atomic E-state index is 14.6. The predicted octanol–water partition coefficient (Wildman–Crippen LogP) is 4.43. The lowest BCUT2D eigenvalue weighted by atomic mass is 10.0. The number of rotatable bonds is 8. The van der Waals surface area contributed by atoms with Gasteiger partial charge in [0.2, 0.25) is 11.9 Å². The van der Waals surface area contributed by atoms with Crippen molar-refractivity contribution in [2.45, 2.75) is 37.4 Å². The summed E-state index contributed by atoms with van der Waals surface area (Å²) in [7, 11) is 0. The van der Waals surface area contributed by atoms with Crippen molar-refractivity contribution in [1.29, 1.82) is 0 Å². The minimum absolute atomic E-state index is 0.114. The Hall–Kier alpha value is -3.07. The Morgan fingerprint density at radius 1 is 1.23 bits per heavy atom. The second-order valence-corrected chi connectivity index (χ2v) is 8.07. The van der Waals surface area contributed by atoms with Gasteiger partial charge in [0.1, 0.15) is 5.82 Å². The molecule has 3 aromatic rings.